The summed E-state index contributed by atoms with van der Waals surface area (Å²) in [6.07, 6.45) is 0. The van der Waals surface area contributed by atoms with Gasteiger partial charge in [-0.25, -0.2) is 0 Å². The fourth-order valence-corrected chi connectivity index (χ4v) is 2.53. The van der Waals surface area contributed by atoms with Crippen LogP contribution in [0.4, 0.5) is 0 Å². The molecule has 1 unspecified atom stereocenters. The van der Waals surface area contributed by atoms with Crippen molar-refractivity contribution < 1.29 is 4.79 Å². The van der Waals surface area contributed by atoms with Crippen LogP contribution in [0, 0.1) is 0 Å². The van der Waals surface area contributed by atoms with Gasteiger partial charge in [0.1, 0.15) is 0 Å². The first-order chi connectivity index (χ1) is 7.90. The van der Waals surface area contributed by atoms with E-state index in [0.717, 1.165) is 19.6 Å². The average molecular weight is 241 g/mol. The Hall–Kier alpha value is -0.610. The minimum absolute atomic E-state index is 0.144. The molecule has 0 aromatic rings. The second-order valence-electron chi connectivity index (χ2n) is 5.64. The minimum atomic E-state index is 0.144. The normalized spacial score (nSPS) is 23.4. The summed E-state index contributed by atoms with van der Waals surface area (Å²) < 4.78 is 0. The molecule has 1 aliphatic rings. The van der Waals surface area contributed by atoms with Gasteiger partial charge in [0, 0.05) is 37.8 Å². The highest BCUT2D eigenvalue weighted by Gasteiger charge is 2.26. The van der Waals surface area contributed by atoms with Crippen LogP contribution in [0.15, 0.2) is 0 Å². The Kier molecular flexibility index (Phi) is 5.40. The predicted octanol–water partition coefficient (Wildman–Crippen LogP) is 0.926. The molecule has 0 radical (unpaired) electrons. The van der Waals surface area contributed by atoms with Gasteiger partial charge in [0.25, 0.3) is 0 Å². The third kappa shape index (κ3) is 4.64. The summed E-state index contributed by atoms with van der Waals surface area (Å²) >= 11 is 0. The van der Waals surface area contributed by atoms with Crippen molar-refractivity contribution in [2.24, 2.45) is 0 Å². The maximum atomic E-state index is 11.7. The smallest absolute Gasteiger partial charge is 0.234 e. The SMILES string of the molecule is CC(C)NC(=O)CN1CCN(C(C)C)C(C)C1. The van der Waals surface area contributed by atoms with E-state index in [9.17, 15) is 4.79 Å². The number of carbonyl (C=O) groups excluding carboxylic acids is 1. The first-order valence-corrected chi connectivity index (χ1v) is 6.67. The summed E-state index contributed by atoms with van der Waals surface area (Å²) in [7, 11) is 0. The number of hydrogen-bond donors (Lipinski definition) is 1. The van der Waals surface area contributed by atoms with Crippen LogP contribution in [-0.4, -0.2) is 60.0 Å². The van der Waals surface area contributed by atoms with Gasteiger partial charge < -0.3 is 5.32 Å². The molecule has 100 valence electrons. The van der Waals surface area contributed by atoms with Crippen LogP contribution < -0.4 is 5.32 Å². The molecular weight excluding hydrogens is 214 g/mol. The molecule has 1 saturated heterocycles. The molecule has 0 aromatic heterocycles. The average Bonchev–Trinajstić information content (AvgIpc) is 2.15. The quantitative estimate of drug-likeness (QED) is 0.795. The van der Waals surface area contributed by atoms with Crippen molar-refractivity contribution in [3.63, 3.8) is 0 Å². The maximum Gasteiger partial charge on any atom is 0.234 e. The molecule has 1 N–H and O–H groups in total. The van der Waals surface area contributed by atoms with Gasteiger partial charge in [0.05, 0.1) is 6.54 Å². The number of rotatable bonds is 4. The Labute approximate surface area is 105 Å². The van der Waals surface area contributed by atoms with Crippen molar-refractivity contribution in [3.8, 4) is 0 Å². The third-order valence-electron chi connectivity index (χ3n) is 3.24. The molecule has 17 heavy (non-hydrogen) atoms. The third-order valence-corrected chi connectivity index (χ3v) is 3.24. The molecule has 4 heteroatoms. The molecule has 1 fully saturated rings. The Morgan fingerprint density at radius 1 is 1.29 bits per heavy atom. The first-order valence-electron chi connectivity index (χ1n) is 6.67. The number of amides is 1. The standard InChI is InChI=1S/C13H27N3O/c1-10(2)14-13(17)9-15-6-7-16(11(3)4)12(5)8-15/h10-12H,6-9H2,1-5H3,(H,14,17). The zero-order valence-corrected chi connectivity index (χ0v) is 11.9. The van der Waals surface area contributed by atoms with E-state index < -0.39 is 0 Å². The van der Waals surface area contributed by atoms with Crippen molar-refractivity contribution in [3.05, 3.63) is 0 Å². The van der Waals surface area contributed by atoms with E-state index in [1.54, 1.807) is 0 Å². The lowest BCUT2D eigenvalue weighted by atomic mass is 10.1. The molecule has 0 aliphatic carbocycles. The molecule has 1 aliphatic heterocycles. The van der Waals surface area contributed by atoms with E-state index in [-0.39, 0.29) is 11.9 Å². The molecule has 1 rings (SSSR count). The fourth-order valence-electron chi connectivity index (χ4n) is 2.53. The largest absolute Gasteiger partial charge is 0.353 e. The summed E-state index contributed by atoms with van der Waals surface area (Å²) in [6.45, 7) is 14.3. The summed E-state index contributed by atoms with van der Waals surface area (Å²) in [5.74, 6) is 0.144. The second kappa shape index (κ2) is 6.36. The fraction of sp³-hybridized carbons (Fsp3) is 0.923. The van der Waals surface area contributed by atoms with Crippen LogP contribution in [0.3, 0.4) is 0 Å². The van der Waals surface area contributed by atoms with Crippen molar-refractivity contribution in [1.29, 1.82) is 0 Å². The number of nitrogens with zero attached hydrogens (tertiary/aromatic N) is 2. The van der Waals surface area contributed by atoms with Gasteiger partial charge in [-0.15, -0.1) is 0 Å². The van der Waals surface area contributed by atoms with Gasteiger partial charge in [0.2, 0.25) is 5.91 Å². The van der Waals surface area contributed by atoms with Gasteiger partial charge in [-0.3, -0.25) is 14.6 Å². The Balaban J connectivity index is 2.37. The lowest BCUT2D eigenvalue weighted by molar-refractivity contribution is -0.123. The molecule has 0 aromatic carbocycles. The zero-order chi connectivity index (χ0) is 13.0. The Morgan fingerprint density at radius 2 is 1.94 bits per heavy atom. The van der Waals surface area contributed by atoms with Gasteiger partial charge in [0.15, 0.2) is 0 Å². The summed E-state index contributed by atoms with van der Waals surface area (Å²) in [5, 5.41) is 2.94. The topological polar surface area (TPSA) is 35.6 Å². The molecule has 1 amide bonds. The van der Waals surface area contributed by atoms with Gasteiger partial charge >= 0.3 is 0 Å². The van der Waals surface area contributed by atoms with Crippen molar-refractivity contribution in [2.45, 2.75) is 52.7 Å². The van der Waals surface area contributed by atoms with E-state index in [1.165, 1.54) is 0 Å². The Bertz CT molecular complexity index is 253. The van der Waals surface area contributed by atoms with Crippen LogP contribution in [0.5, 0.6) is 0 Å². The van der Waals surface area contributed by atoms with E-state index in [1.807, 2.05) is 13.8 Å². The number of hydrogen-bond acceptors (Lipinski definition) is 3. The highest BCUT2D eigenvalue weighted by molar-refractivity contribution is 5.78. The number of carbonyl (C=O) groups is 1. The van der Waals surface area contributed by atoms with Crippen LogP contribution in [0.2, 0.25) is 0 Å². The zero-order valence-electron chi connectivity index (χ0n) is 11.9. The van der Waals surface area contributed by atoms with Crippen LogP contribution in [0.1, 0.15) is 34.6 Å². The molecule has 4 nitrogen and oxygen atoms in total. The molecular formula is C13H27N3O. The van der Waals surface area contributed by atoms with Gasteiger partial charge in [-0.1, -0.05) is 0 Å². The lowest BCUT2D eigenvalue weighted by Gasteiger charge is -2.41. The molecule has 1 heterocycles. The predicted molar refractivity (Wildman–Crippen MR) is 71.0 cm³/mol. The summed E-state index contributed by atoms with van der Waals surface area (Å²) in [4.78, 5) is 16.4. The van der Waals surface area contributed by atoms with Crippen LogP contribution >= 0.6 is 0 Å². The van der Waals surface area contributed by atoms with Gasteiger partial charge in [-0.05, 0) is 34.6 Å². The van der Waals surface area contributed by atoms with Gasteiger partial charge in [-0.2, -0.15) is 0 Å². The molecule has 0 bridgehead atoms. The molecule has 0 spiro atoms. The number of piperazine rings is 1. The monoisotopic (exact) mass is 241 g/mol. The molecule has 1 atom stereocenters. The van der Waals surface area contributed by atoms with E-state index in [4.69, 9.17) is 0 Å². The summed E-state index contributed by atoms with van der Waals surface area (Å²) in [6, 6.07) is 1.36. The van der Waals surface area contributed by atoms with E-state index in [2.05, 4.69) is 35.9 Å². The maximum absolute atomic E-state index is 11.7. The molecule has 0 saturated carbocycles. The number of nitrogens with one attached hydrogen (secondary N) is 1. The van der Waals surface area contributed by atoms with E-state index in [0.29, 0.717) is 18.6 Å². The lowest BCUT2D eigenvalue weighted by Crippen LogP contribution is -2.55. The van der Waals surface area contributed by atoms with Crippen LogP contribution in [-0.2, 0) is 4.79 Å². The van der Waals surface area contributed by atoms with Crippen molar-refractivity contribution in [2.75, 3.05) is 26.2 Å². The Morgan fingerprint density at radius 3 is 2.41 bits per heavy atom. The highest BCUT2D eigenvalue weighted by atomic mass is 16.2. The van der Waals surface area contributed by atoms with E-state index >= 15 is 0 Å². The minimum Gasteiger partial charge on any atom is -0.353 e. The highest BCUT2D eigenvalue weighted by Crippen LogP contribution is 2.12. The first kappa shape index (κ1) is 14.5. The second-order valence-corrected chi connectivity index (χ2v) is 5.64. The van der Waals surface area contributed by atoms with Crippen molar-refractivity contribution >= 4 is 5.91 Å². The summed E-state index contributed by atoms with van der Waals surface area (Å²) in [5.41, 5.74) is 0. The van der Waals surface area contributed by atoms with Crippen LogP contribution in [0.25, 0.3) is 0 Å². The van der Waals surface area contributed by atoms with Crippen molar-refractivity contribution in [1.82, 2.24) is 15.1 Å².